The minimum atomic E-state index is -0.280. The standard InChI is InChI=1S/C12H18FNO/c1-3-4-5-12(14)10-7-6-9(15-2)8-11(10)13/h6-8,12H,3-5,14H2,1-2H3/t12-/m0/s1. The molecule has 2 N–H and O–H groups in total. The lowest BCUT2D eigenvalue weighted by atomic mass is 10.0. The summed E-state index contributed by atoms with van der Waals surface area (Å²) < 4.78 is 18.5. The summed E-state index contributed by atoms with van der Waals surface area (Å²) in [6.45, 7) is 2.09. The Labute approximate surface area is 90.2 Å². The van der Waals surface area contributed by atoms with Crippen LogP contribution in [-0.4, -0.2) is 7.11 Å². The van der Waals surface area contributed by atoms with Crippen molar-refractivity contribution in [2.75, 3.05) is 7.11 Å². The molecular weight excluding hydrogens is 193 g/mol. The highest BCUT2D eigenvalue weighted by Gasteiger charge is 2.11. The molecule has 3 heteroatoms. The molecule has 0 saturated heterocycles. The molecule has 0 aliphatic rings. The molecule has 1 atom stereocenters. The third kappa shape index (κ3) is 3.20. The lowest BCUT2D eigenvalue weighted by molar-refractivity contribution is 0.410. The van der Waals surface area contributed by atoms with E-state index < -0.39 is 0 Å². The minimum absolute atomic E-state index is 0.212. The quantitative estimate of drug-likeness (QED) is 0.812. The van der Waals surface area contributed by atoms with E-state index in [1.54, 1.807) is 12.1 Å². The highest BCUT2D eigenvalue weighted by Crippen LogP contribution is 2.23. The first kappa shape index (κ1) is 12.0. The van der Waals surface area contributed by atoms with Crippen LogP contribution in [0.2, 0.25) is 0 Å². The van der Waals surface area contributed by atoms with Gasteiger partial charge in [-0.15, -0.1) is 0 Å². The van der Waals surface area contributed by atoms with Crippen molar-refractivity contribution in [1.29, 1.82) is 0 Å². The summed E-state index contributed by atoms with van der Waals surface area (Å²) in [7, 11) is 1.52. The maximum absolute atomic E-state index is 13.6. The smallest absolute Gasteiger partial charge is 0.131 e. The molecule has 0 heterocycles. The Bertz CT molecular complexity index is 314. The van der Waals surface area contributed by atoms with Gasteiger partial charge in [0.15, 0.2) is 0 Å². The van der Waals surface area contributed by atoms with E-state index in [1.807, 2.05) is 0 Å². The van der Waals surface area contributed by atoms with Crippen molar-refractivity contribution in [3.05, 3.63) is 29.6 Å². The zero-order valence-electron chi connectivity index (χ0n) is 9.29. The summed E-state index contributed by atoms with van der Waals surface area (Å²) in [4.78, 5) is 0. The van der Waals surface area contributed by atoms with E-state index in [1.165, 1.54) is 13.2 Å². The van der Waals surface area contributed by atoms with Crippen LogP contribution in [-0.2, 0) is 0 Å². The molecular formula is C12H18FNO. The van der Waals surface area contributed by atoms with E-state index in [9.17, 15) is 4.39 Å². The summed E-state index contributed by atoms with van der Waals surface area (Å²) >= 11 is 0. The fourth-order valence-corrected chi connectivity index (χ4v) is 1.52. The van der Waals surface area contributed by atoms with Crippen molar-refractivity contribution in [3.8, 4) is 5.75 Å². The van der Waals surface area contributed by atoms with E-state index in [0.717, 1.165) is 19.3 Å². The average Bonchev–Trinajstić information content (AvgIpc) is 2.25. The summed E-state index contributed by atoms with van der Waals surface area (Å²) in [6.07, 6.45) is 2.91. The van der Waals surface area contributed by atoms with Crippen LogP contribution >= 0.6 is 0 Å². The van der Waals surface area contributed by atoms with Crippen LogP contribution in [0.3, 0.4) is 0 Å². The van der Waals surface area contributed by atoms with Gasteiger partial charge in [-0.25, -0.2) is 4.39 Å². The largest absolute Gasteiger partial charge is 0.497 e. The monoisotopic (exact) mass is 211 g/mol. The van der Waals surface area contributed by atoms with Gasteiger partial charge < -0.3 is 10.5 Å². The van der Waals surface area contributed by atoms with Gasteiger partial charge in [0.25, 0.3) is 0 Å². The van der Waals surface area contributed by atoms with Crippen molar-refractivity contribution >= 4 is 0 Å². The highest BCUT2D eigenvalue weighted by molar-refractivity contribution is 5.30. The molecule has 0 aromatic heterocycles. The van der Waals surface area contributed by atoms with E-state index in [2.05, 4.69) is 6.92 Å². The maximum Gasteiger partial charge on any atom is 0.131 e. The molecule has 0 bridgehead atoms. The summed E-state index contributed by atoms with van der Waals surface area (Å²) in [5.41, 5.74) is 6.47. The van der Waals surface area contributed by atoms with Crippen LogP contribution in [0.25, 0.3) is 0 Å². The molecule has 0 saturated carbocycles. The second-order valence-corrected chi connectivity index (χ2v) is 3.64. The Morgan fingerprint density at radius 3 is 2.73 bits per heavy atom. The van der Waals surface area contributed by atoms with E-state index in [4.69, 9.17) is 10.5 Å². The number of nitrogens with two attached hydrogens (primary N) is 1. The van der Waals surface area contributed by atoms with Gasteiger partial charge in [-0.3, -0.25) is 0 Å². The molecule has 0 spiro atoms. The predicted octanol–water partition coefficient (Wildman–Crippen LogP) is 3.02. The first-order valence-electron chi connectivity index (χ1n) is 5.28. The number of unbranched alkanes of at least 4 members (excludes halogenated alkanes) is 1. The normalized spacial score (nSPS) is 12.5. The third-order valence-corrected chi connectivity index (χ3v) is 2.48. The molecule has 0 radical (unpaired) electrons. The molecule has 0 fully saturated rings. The zero-order chi connectivity index (χ0) is 11.3. The molecule has 15 heavy (non-hydrogen) atoms. The topological polar surface area (TPSA) is 35.2 Å². The average molecular weight is 211 g/mol. The van der Waals surface area contributed by atoms with Crippen LogP contribution < -0.4 is 10.5 Å². The van der Waals surface area contributed by atoms with Crippen LogP contribution in [0, 0.1) is 5.82 Å². The number of methoxy groups -OCH3 is 1. The first-order valence-corrected chi connectivity index (χ1v) is 5.28. The van der Waals surface area contributed by atoms with Crippen molar-refractivity contribution < 1.29 is 9.13 Å². The highest BCUT2D eigenvalue weighted by atomic mass is 19.1. The molecule has 84 valence electrons. The van der Waals surface area contributed by atoms with E-state index in [0.29, 0.717) is 11.3 Å². The van der Waals surface area contributed by atoms with Crippen molar-refractivity contribution in [3.63, 3.8) is 0 Å². The van der Waals surface area contributed by atoms with Crippen LogP contribution in [0.15, 0.2) is 18.2 Å². The van der Waals surface area contributed by atoms with Crippen molar-refractivity contribution in [2.24, 2.45) is 5.73 Å². The second kappa shape index (κ2) is 5.71. The fraction of sp³-hybridized carbons (Fsp3) is 0.500. The number of rotatable bonds is 5. The van der Waals surface area contributed by atoms with E-state index >= 15 is 0 Å². The van der Waals surface area contributed by atoms with Gasteiger partial charge in [0, 0.05) is 17.7 Å². The molecule has 0 amide bonds. The number of hydrogen-bond acceptors (Lipinski definition) is 2. The molecule has 0 aliphatic heterocycles. The fourth-order valence-electron chi connectivity index (χ4n) is 1.52. The zero-order valence-corrected chi connectivity index (χ0v) is 9.29. The summed E-state index contributed by atoms with van der Waals surface area (Å²) in [6, 6.07) is 4.61. The number of halogens is 1. The van der Waals surface area contributed by atoms with Crippen LogP contribution in [0.5, 0.6) is 5.75 Å². The van der Waals surface area contributed by atoms with Gasteiger partial charge in [-0.2, -0.15) is 0 Å². The Morgan fingerprint density at radius 1 is 1.47 bits per heavy atom. The first-order chi connectivity index (χ1) is 7.19. The molecule has 0 aliphatic carbocycles. The van der Waals surface area contributed by atoms with Crippen LogP contribution in [0.4, 0.5) is 4.39 Å². The van der Waals surface area contributed by atoms with Gasteiger partial charge in [-0.1, -0.05) is 25.8 Å². The lowest BCUT2D eigenvalue weighted by Crippen LogP contribution is -2.12. The Kier molecular flexibility index (Phi) is 4.56. The van der Waals surface area contributed by atoms with Gasteiger partial charge in [0.2, 0.25) is 0 Å². The van der Waals surface area contributed by atoms with Crippen LogP contribution in [0.1, 0.15) is 37.8 Å². The lowest BCUT2D eigenvalue weighted by Gasteiger charge is -2.13. The summed E-state index contributed by atoms with van der Waals surface area (Å²) in [5.74, 6) is 0.247. The Morgan fingerprint density at radius 2 is 2.20 bits per heavy atom. The SMILES string of the molecule is CCCC[C@H](N)c1ccc(OC)cc1F. The predicted molar refractivity (Wildman–Crippen MR) is 59.4 cm³/mol. The third-order valence-electron chi connectivity index (χ3n) is 2.48. The minimum Gasteiger partial charge on any atom is -0.497 e. The van der Waals surface area contributed by atoms with Crippen molar-refractivity contribution in [1.82, 2.24) is 0 Å². The van der Waals surface area contributed by atoms with Gasteiger partial charge in [-0.05, 0) is 12.5 Å². The molecule has 0 unspecified atom stereocenters. The second-order valence-electron chi connectivity index (χ2n) is 3.64. The number of benzene rings is 1. The maximum atomic E-state index is 13.6. The van der Waals surface area contributed by atoms with Gasteiger partial charge in [0.05, 0.1) is 7.11 Å². The van der Waals surface area contributed by atoms with Gasteiger partial charge >= 0.3 is 0 Å². The van der Waals surface area contributed by atoms with Gasteiger partial charge in [0.1, 0.15) is 11.6 Å². The molecule has 1 rings (SSSR count). The Hall–Kier alpha value is -1.09. The molecule has 1 aromatic carbocycles. The van der Waals surface area contributed by atoms with E-state index in [-0.39, 0.29) is 11.9 Å². The Balaban J connectivity index is 2.76. The number of ether oxygens (including phenoxy) is 1. The van der Waals surface area contributed by atoms with Crippen molar-refractivity contribution in [2.45, 2.75) is 32.2 Å². The summed E-state index contributed by atoms with van der Waals surface area (Å²) in [5, 5.41) is 0. The molecule has 2 nitrogen and oxygen atoms in total. The number of hydrogen-bond donors (Lipinski definition) is 1. The molecule has 1 aromatic rings.